The number of nitrogens with two attached hydrogens (primary N) is 1. The number of hydrogen-bond acceptors (Lipinski definition) is 4. The molecule has 16 heavy (non-hydrogen) atoms. The van der Waals surface area contributed by atoms with Crippen LogP contribution in [-0.4, -0.2) is 59.6 Å². The molecule has 1 aliphatic rings. The lowest BCUT2D eigenvalue weighted by atomic mass is 10.1. The molecule has 2 atom stereocenters. The summed E-state index contributed by atoms with van der Waals surface area (Å²) in [6, 6.07) is 0.504. The molecule has 0 aliphatic carbocycles. The van der Waals surface area contributed by atoms with Crippen LogP contribution >= 0.6 is 0 Å². The minimum Gasteiger partial charge on any atom is -0.409 e. The summed E-state index contributed by atoms with van der Waals surface area (Å²) in [4.78, 5) is 4.70. The van der Waals surface area contributed by atoms with Crippen molar-refractivity contribution in [2.75, 3.05) is 26.7 Å². The van der Waals surface area contributed by atoms with Gasteiger partial charge in [-0.25, -0.2) is 0 Å². The summed E-state index contributed by atoms with van der Waals surface area (Å²) in [5, 5.41) is 11.9. The summed E-state index contributed by atoms with van der Waals surface area (Å²) in [7, 11) is 2.15. The molecular weight excluding hydrogens is 204 g/mol. The highest BCUT2D eigenvalue weighted by Gasteiger charge is 2.27. The first-order valence-corrected chi connectivity index (χ1v) is 6.01. The molecule has 0 aromatic carbocycles. The molecule has 1 fully saturated rings. The monoisotopic (exact) mass is 228 g/mol. The van der Waals surface area contributed by atoms with Crippen LogP contribution in [0.3, 0.4) is 0 Å². The lowest BCUT2D eigenvalue weighted by molar-refractivity contribution is 0.164. The van der Waals surface area contributed by atoms with E-state index < -0.39 is 0 Å². The average molecular weight is 228 g/mol. The van der Waals surface area contributed by atoms with E-state index in [0.717, 1.165) is 32.5 Å². The maximum Gasteiger partial charge on any atom is 0.156 e. The lowest BCUT2D eigenvalue weighted by Crippen LogP contribution is -2.50. The highest BCUT2D eigenvalue weighted by Crippen LogP contribution is 2.15. The second-order valence-corrected chi connectivity index (χ2v) is 4.62. The van der Waals surface area contributed by atoms with Crippen LogP contribution in [0.2, 0.25) is 0 Å². The van der Waals surface area contributed by atoms with Crippen LogP contribution < -0.4 is 5.73 Å². The first kappa shape index (κ1) is 13.3. The van der Waals surface area contributed by atoms with Crippen molar-refractivity contribution in [2.24, 2.45) is 10.9 Å². The van der Waals surface area contributed by atoms with Crippen LogP contribution in [0.1, 0.15) is 26.7 Å². The molecule has 5 nitrogen and oxygen atoms in total. The molecule has 1 saturated heterocycles. The number of rotatable bonds is 3. The highest BCUT2D eigenvalue weighted by molar-refractivity contribution is 5.84. The first-order chi connectivity index (χ1) is 7.60. The zero-order chi connectivity index (χ0) is 12.1. The Morgan fingerprint density at radius 3 is 2.81 bits per heavy atom. The van der Waals surface area contributed by atoms with Crippen molar-refractivity contribution in [3.05, 3.63) is 0 Å². The van der Waals surface area contributed by atoms with E-state index in [9.17, 15) is 0 Å². The number of hydrogen-bond donors (Lipinski definition) is 2. The summed E-state index contributed by atoms with van der Waals surface area (Å²) >= 11 is 0. The van der Waals surface area contributed by atoms with Crippen molar-refractivity contribution < 1.29 is 5.21 Å². The van der Waals surface area contributed by atoms with Crippen molar-refractivity contribution >= 4 is 5.84 Å². The molecule has 5 heteroatoms. The van der Waals surface area contributed by atoms with Crippen molar-refractivity contribution in [1.29, 1.82) is 0 Å². The summed E-state index contributed by atoms with van der Waals surface area (Å²) in [6.45, 7) is 7.38. The Hall–Kier alpha value is -0.810. The van der Waals surface area contributed by atoms with Gasteiger partial charge in [0.25, 0.3) is 0 Å². The smallest absolute Gasteiger partial charge is 0.156 e. The molecule has 1 rings (SSSR count). The number of likely N-dealkylation sites (N-methyl/N-ethyl adjacent to an activating group) is 1. The molecule has 0 amide bonds. The maximum atomic E-state index is 8.74. The minimum atomic E-state index is 0.0152. The van der Waals surface area contributed by atoms with Gasteiger partial charge in [-0.15, -0.1) is 0 Å². The maximum absolute atomic E-state index is 8.74. The molecule has 1 heterocycles. The van der Waals surface area contributed by atoms with Gasteiger partial charge < -0.3 is 15.8 Å². The van der Waals surface area contributed by atoms with Gasteiger partial charge in [-0.1, -0.05) is 12.1 Å². The molecule has 94 valence electrons. The topological polar surface area (TPSA) is 65.1 Å². The molecule has 0 spiro atoms. The van der Waals surface area contributed by atoms with E-state index in [1.54, 1.807) is 0 Å². The fraction of sp³-hybridized carbons (Fsp3) is 0.909. The molecule has 1 aliphatic heterocycles. The molecule has 0 saturated carbocycles. The van der Waals surface area contributed by atoms with Crippen LogP contribution in [0.4, 0.5) is 0 Å². The van der Waals surface area contributed by atoms with E-state index >= 15 is 0 Å². The Morgan fingerprint density at radius 2 is 2.25 bits per heavy atom. The van der Waals surface area contributed by atoms with Crippen LogP contribution in [-0.2, 0) is 0 Å². The van der Waals surface area contributed by atoms with Gasteiger partial charge >= 0.3 is 0 Å². The second-order valence-electron chi connectivity index (χ2n) is 4.62. The Balaban J connectivity index is 2.74. The number of amidine groups is 1. The molecular formula is C11H24N4O. The molecule has 0 radical (unpaired) electrons. The summed E-state index contributed by atoms with van der Waals surface area (Å²) < 4.78 is 0. The van der Waals surface area contributed by atoms with E-state index in [4.69, 9.17) is 10.9 Å². The van der Waals surface area contributed by atoms with Crippen LogP contribution in [0.15, 0.2) is 5.16 Å². The fourth-order valence-corrected chi connectivity index (χ4v) is 2.39. The van der Waals surface area contributed by atoms with E-state index in [1.807, 2.05) is 6.92 Å². The van der Waals surface area contributed by atoms with E-state index in [1.165, 1.54) is 0 Å². The van der Waals surface area contributed by atoms with E-state index in [0.29, 0.717) is 11.9 Å². The predicted octanol–water partition coefficient (Wildman–Crippen LogP) is 0.537. The number of oxime groups is 1. The van der Waals surface area contributed by atoms with E-state index in [-0.39, 0.29) is 6.04 Å². The minimum absolute atomic E-state index is 0.0152. The van der Waals surface area contributed by atoms with Crippen molar-refractivity contribution in [1.82, 2.24) is 9.80 Å². The Labute approximate surface area is 97.9 Å². The van der Waals surface area contributed by atoms with Gasteiger partial charge in [0.05, 0.1) is 6.04 Å². The molecule has 2 unspecified atom stereocenters. The van der Waals surface area contributed by atoms with E-state index in [2.05, 4.69) is 28.9 Å². The Kier molecular flexibility index (Phi) is 5.02. The molecule has 0 aromatic rings. The van der Waals surface area contributed by atoms with Crippen LogP contribution in [0, 0.1) is 0 Å². The summed E-state index contributed by atoms with van der Waals surface area (Å²) in [5.74, 6) is 0.308. The van der Waals surface area contributed by atoms with Crippen molar-refractivity contribution in [3.63, 3.8) is 0 Å². The normalized spacial score (nSPS) is 27.7. The Bertz CT molecular complexity index is 244. The van der Waals surface area contributed by atoms with Crippen LogP contribution in [0.5, 0.6) is 0 Å². The van der Waals surface area contributed by atoms with Gasteiger partial charge in [0.1, 0.15) is 0 Å². The predicted molar refractivity (Wildman–Crippen MR) is 65.8 cm³/mol. The standard InChI is InChI=1S/C11H24N4O/c1-4-10-8-14(3)6-5-7-15(10)9(2)11(12)13-16/h9-10,16H,4-8H2,1-3H3,(H2,12,13). The fourth-order valence-electron chi connectivity index (χ4n) is 2.39. The third-order valence-electron chi connectivity index (χ3n) is 3.46. The first-order valence-electron chi connectivity index (χ1n) is 6.01. The van der Waals surface area contributed by atoms with Crippen molar-refractivity contribution in [2.45, 2.75) is 38.8 Å². The second kappa shape index (κ2) is 6.06. The zero-order valence-electron chi connectivity index (χ0n) is 10.6. The third-order valence-corrected chi connectivity index (χ3v) is 3.46. The number of nitrogens with zero attached hydrogens (tertiary/aromatic N) is 3. The van der Waals surface area contributed by atoms with Crippen LogP contribution in [0.25, 0.3) is 0 Å². The molecule has 3 N–H and O–H groups in total. The van der Waals surface area contributed by atoms with Gasteiger partial charge in [0.2, 0.25) is 0 Å². The third kappa shape index (κ3) is 3.09. The summed E-state index contributed by atoms with van der Waals surface area (Å²) in [5.41, 5.74) is 5.69. The SMILES string of the molecule is CCC1CN(C)CCCN1C(C)C(N)=NO. The van der Waals surface area contributed by atoms with Gasteiger partial charge in [0, 0.05) is 19.1 Å². The Morgan fingerprint density at radius 1 is 1.56 bits per heavy atom. The molecule has 0 bridgehead atoms. The highest BCUT2D eigenvalue weighted by atomic mass is 16.4. The summed E-state index contributed by atoms with van der Waals surface area (Å²) in [6.07, 6.45) is 2.23. The van der Waals surface area contributed by atoms with Crippen molar-refractivity contribution in [3.8, 4) is 0 Å². The van der Waals surface area contributed by atoms with Gasteiger partial charge in [-0.3, -0.25) is 4.90 Å². The van der Waals surface area contributed by atoms with Gasteiger partial charge in [-0.2, -0.15) is 0 Å². The zero-order valence-corrected chi connectivity index (χ0v) is 10.6. The quantitative estimate of drug-likeness (QED) is 0.320. The molecule has 0 aromatic heterocycles. The lowest BCUT2D eigenvalue weighted by Gasteiger charge is -2.34. The van der Waals surface area contributed by atoms with Gasteiger partial charge in [-0.05, 0) is 33.4 Å². The van der Waals surface area contributed by atoms with Gasteiger partial charge in [0.15, 0.2) is 5.84 Å². The largest absolute Gasteiger partial charge is 0.409 e. The average Bonchev–Trinajstić information content (AvgIpc) is 2.48.